The second kappa shape index (κ2) is 3.40. The summed E-state index contributed by atoms with van der Waals surface area (Å²) < 4.78 is 17.9. The van der Waals surface area contributed by atoms with E-state index in [2.05, 4.69) is 4.98 Å². The van der Waals surface area contributed by atoms with E-state index in [-0.39, 0.29) is 11.0 Å². The Labute approximate surface area is 91.9 Å². The van der Waals surface area contributed by atoms with Crippen LogP contribution in [-0.2, 0) is 5.41 Å². The molecule has 0 N–H and O–H groups in total. The van der Waals surface area contributed by atoms with E-state index in [1.54, 1.807) is 6.07 Å². The van der Waals surface area contributed by atoms with E-state index in [0.717, 1.165) is 0 Å². The Morgan fingerprint density at radius 1 is 1.31 bits per heavy atom. The van der Waals surface area contributed by atoms with E-state index in [9.17, 15) is 9.18 Å². The average Bonchev–Trinajstić information content (AvgIpc) is 2.14. The zero-order chi connectivity index (χ0) is 11.9. The van der Waals surface area contributed by atoms with Crippen molar-refractivity contribution in [3.05, 3.63) is 40.3 Å². The fourth-order valence-electron chi connectivity index (χ4n) is 1.62. The molecule has 0 aliphatic rings. The molecule has 0 saturated heterocycles. The number of hydrogen-bond donors (Lipinski definition) is 0. The highest BCUT2D eigenvalue weighted by molar-refractivity contribution is 5.79. The van der Waals surface area contributed by atoms with Crippen molar-refractivity contribution >= 4 is 11.0 Å². The molecule has 16 heavy (non-hydrogen) atoms. The molecule has 84 valence electrons. The number of hydrogen-bond acceptors (Lipinski definition) is 3. The van der Waals surface area contributed by atoms with Crippen molar-refractivity contribution in [2.75, 3.05) is 0 Å². The second-order valence-corrected chi connectivity index (χ2v) is 4.72. The second-order valence-electron chi connectivity index (χ2n) is 4.72. The van der Waals surface area contributed by atoms with Gasteiger partial charge in [-0.25, -0.2) is 9.18 Å². The number of nitrogens with zero attached hydrogens (tertiary/aromatic N) is 1. The maximum absolute atomic E-state index is 13.0. The lowest BCUT2D eigenvalue weighted by molar-refractivity contribution is 0.495. The van der Waals surface area contributed by atoms with Crippen molar-refractivity contribution < 1.29 is 8.81 Å². The Morgan fingerprint density at radius 2 is 2.00 bits per heavy atom. The molecule has 4 heteroatoms. The first-order chi connectivity index (χ1) is 7.38. The Bertz CT molecular complexity index is 596. The van der Waals surface area contributed by atoms with Gasteiger partial charge in [0.05, 0.1) is 5.69 Å². The number of benzene rings is 1. The molecule has 0 unspecified atom stereocenters. The summed E-state index contributed by atoms with van der Waals surface area (Å²) in [5, 5.41) is 0.675. The molecular weight excluding hydrogens is 209 g/mol. The molecule has 0 saturated carbocycles. The lowest BCUT2D eigenvalue weighted by Gasteiger charge is -2.18. The fraction of sp³-hybridized carbons (Fsp3) is 0.333. The van der Waals surface area contributed by atoms with Gasteiger partial charge in [-0.1, -0.05) is 20.8 Å². The molecule has 0 aliphatic carbocycles. The van der Waals surface area contributed by atoms with Crippen LogP contribution < -0.4 is 5.76 Å². The van der Waals surface area contributed by atoms with Gasteiger partial charge in [-0.2, -0.15) is 4.98 Å². The van der Waals surface area contributed by atoms with Crippen LogP contribution in [0.5, 0.6) is 0 Å². The van der Waals surface area contributed by atoms with E-state index < -0.39 is 11.6 Å². The minimum atomic E-state index is -0.692. The van der Waals surface area contributed by atoms with Gasteiger partial charge in [0.1, 0.15) is 11.4 Å². The first-order valence-corrected chi connectivity index (χ1v) is 4.99. The molecular formula is C12H12FNO2. The standard InChI is InChI=1S/C12H12FNO2/c1-12(2,3)10-8-5-4-7(13)6-9(8)16-11(15)14-10/h4-6H,1-3H3. The van der Waals surface area contributed by atoms with Gasteiger partial charge in [0.15, 0.2) is 0 Å². The van der Waals surface area contributed by atoms with Crippen LogP contribution in [0.2, 0.25) is 0 Å². The van der Waals surface area contributed by atoms with Gasteiger partial charge in [-0.15, -0.1) is 0 Å². The first-order valence-electron chi connectivity index (χ1n) is 4.99. The summed E-state index contributed by atoms with van der Waals surface area (Å²) in [6.07, 6.45) is 0. The summed E-state index contributed by atoms with van der Waals surface area (Å²) in [7, 11) is 0. The summed E-state index contributed by atoms with van der Waals surface area (Å²) in [5.41, 5.74) is 0.579. The summed E-state index contributed by atoms with van der Waals surface area (Å²) in [4.78, 5) is 15.1. The molecule has 0 aliphatic heterocycles. The van der Waals surface area contributed by atoms with Gasteiger partial charge in [-0.3, -0.25) is 0 Å². The Morgan fingerprint density at radius 3 is 2.62 bits per heavy atom. The molecule has 1 aromatic heterocycles. The number of aromatic nitrogens is 1. The van der Waals surface area contributed by atoms with Crippen LogP contribution in [0.3, 0.4) is 0 Å². The third-order valence-electron chi connectivity index (χ3n) is 2.31. The molecule has 0 bridgehead atoms. The number of rotatable bonds is 0. The smallest absolute Gasteiger partial charge is 0.408 e. The van der Waals surface area contributed by atoms with Gasteiger partial charge in [0.25, 0.3) is 0 Å². The number of halogens is 1. The van der Waals surface area contributed by atoms with Gasteiger partial charge in [0, 0.05) is 16.9 Å². The predicted molar refractivity (Wildman–Crippen MR) is 58.9 cm³/mol. The highest BCUT2D eigenvalue weighted by Gasteiger charge is 2.20. The van der Waals surface area contributed by atoms with Crippen molar-refractivity contribution in [3.8, 4) is 0 Å². The monoisotopic (exact) mass is 221 g/mol. The zero-order valence-electron chi connectivity index (χ0n) is 9.37. The van der Waals surface area contributed by atoms with Crippen molar-refractivity contribution in [2.24, 2.45) is 0 Å². The SMILES string of the molecule is CC(C)(C)c1nc(=O)oc2cc(F)ccc12. The fourth-order valence-corrected chi connectivity index (χ4v) is 1.62. The van der Waals surface area contributed by atoms with Crippen molar-refractivity contribution in [2.45, 2.75) is 26.2 Å². The van der Waals surface area contributed by atoms with E-state index >= 15 is 0 Å². The van der Waals surface area contributed by atoms with E-state index in [1.165, 1.54) is 12.1 Å². The van der Waals surface area contributed by atoms with Gasteiger partial charge < -0.3 is 4.42 Å². The van der Waals surface area contributed by atoms with Crippen LogP contribution in [0.25, 0.3) is 11.0 Å². The molecule has 2 rings (SSSR count). The van der Waals surface area contributed by atoms with Crippen LogP contribution in [-0.4, -0.2) is 4.98 Å². The van der Waals surface area contributed by atoms with Gasteiger partial charge in [0.2, 0.25) is 0 Å². The van der Waals surface area contributed by atoms with Crippen LogP contribution in [0, 0.1) is 5.82 Å². The Balaban J connectivity index is 2.89. The van der Waals surface area contributed by atoms with E-state index in [0.29, 0.717) is 11.1 Å². The summed E-state index contributed by atoms with van der Waals surface area (Å²) in [6, 6.07) is 4.12. The van der Waals surface area contributed by atoms with Crippen molar-refractivity contribution in [1.82, 2.24) is 4.98 Å². The average molecular weight is 221 g/mol. The molecule has 0 amide bonds. The molecule has 0 spiro atoms. The van der Waals surface area contributed by atoms with Crippen LogP contribution in [0.4, 0.5) is 4.39 Å². The lowest BCUT2D eigenvalue weighted by atomic mass is 9.89. The highest BCUT2D eigenvalue weighted by atomic mass is 19.1. The molecule has 2 aromatic rings. The Kier molecular flexibility index (Phi) is 2.30. The van der Waals surface area contributed by atoms with E-state index in [4.69, 9.17) is 4.42 Å². The maximum atomic E-state index is 13.0. The van der Waals surface area contributed by atoms with Crippen molar-refractivity contribution in [1.29, 1.82) is 0 Å². The molecule has 0 fully saturated rings. The predicted octanol–water partition coefficient (Wildman–Crippen LogP) is 2.62. The molecule has 0 radical (unpaired) electrons. The van der Waals surface area contributed by atoms with E-state index in [1.807, 2.05) is 20.8 Å². The van der Waals surface area contributed by atoms with Crippen LogP contribution in [0.15, 0.2) is 27.4 Å². The van der Waals surface area contributed by atoms with Gasteiger partial charge >= 0.3 is 5.76 Å². The molecule has 1 heterocycles. The third-order valence-corrected chi connectivity index (χ3v) is 2.31. The normalized spacial score (nSPS) is 12.0. The van der Waals surface area contributed by atoms with Crippen molar-refractivity contribution in [3.63, 3.8) is 0 Å². The molecule has 1 aromatic carbocycles. The summed E-state index contributed by atoms with van der Waals surface area (Å²) in [6.45, 7) is 5.83. The molecule has 3 nitrogen and oxygen atoms in total. The highest BCUT2D eigenvalue weighted by Crippen LogP contribution is 2.26. The quantitative estimate of drug-likeness (QED) is 0.686. The van der Waals surface area contributed by atoms with Gasteiger partial charge in [-0.05, 0) is 12.1 Å². The Hall–Kier alpha value is -1.71. The largest absolute Gasteiger partial charge is 0.439 e. The molecule has 0 atom stereocenters. The van der Waals surface area contributed by atoms with Crippen LogP contribution >= 0.6 is 0 Å². The summed E-state index contributed by atoms with van der Waals surface area (Å²) >= 11 is 0. The zero-order valence-corrected chi connectivity index (χ0v) is 9.37. The summed E-state index contributed by atoms with van der Waals surface area (Å²) in [5.74, 6) is -1.12. The topological polar surface area (TPSA) is 43.1 Å². The van der Waals surface area contributed by atoms with Crippen LogP contribution in [0.1, 0.15) is 26.5 Å². The minimum Gasteiger partial charge on any atom is -0.408 e. The lowest BCUT2D eigenvalue weighted by Crippen LogP contribution is -2.19. The maximum Gasteiger partial charge on any atom is 0.439 e. The number of fused-ring (bicyclic) bond motifs is 1. The third kappa shape index (κ3) is 1.83. The first kappa shape index (κ1) is 10.8. The minimum absolute atomic E-state index is 0.241.